The molecule has 0 saturated heterocycles. The Labute approximate surface area is 124 Å². The van der Waals surface area contributed by atoms with Crippen LogP contribution < -0.4 is 5.32 Å². The molecule has 0 fully saturated rings. The van der Waals surface area contributed by atoms with E-state index in [0.29, 0.717) is 15.8 Å². The van der Waals surface area contributed by atoms with E-state index >= 15 is 0 Å². The normalized spacial score (nSPS) is 10.1. The first-order valence-electron chi connectivity index (χ1n) is 5.87. The van der Waals surface area contributed by atoms with Crippen molar-refractivity contribution in [2.75, 3.05) is 6.61 Å². The van der Waals surface area contributed by atoms with Crippen molar-refractivity contribution in [1.29, 1.82) is 0 Å². The number of esters is 1. The highest BCUT2D eigenvalue weighted by Crippen LogP contribution is 2.16. The zero-order valence-electron chi connectivity index (χ0n) is 10.5. The molecule has 104 valence electrons. The maximum atomic E-state index is 11.8. The zero-order chi connectivity index (χ0) is 14.4. The molecule has 5 nitrogen and oxygen atoms in total. The van der Waals surface area contributed by atoms with Gasteiger partial charge in [-0.3, -0.25) is 4.79 Å². The Morgan fingerprint density at radius 1 is 1.20 bits per heavy atom. The molecule has 0 spiro atoms. The smallest absolute Gasteiger partial charge is 0.339 e. The van der Waals surface area contributed by atoms with Crippen LogP contribution in [0.15, 0.2) is 51.6 Å². The lowest BCUT2D eigenvalue weighted by molar-refractivity contribution is -0.124. The minimum Gasteiger partial charge on any atom is -0.467 e. The number of hydrogen-bond donors (Lipinski definition) is 1. The Balaban J connectivity index is 1.78. The average Bonchev–Trinajstić information content (AvgIpc) is 2.96. The summed E-state index contributed by atoms with van der Waals surface area (Å²) in [5.74, 6) is -0.303. The molecular formula is C14H12BrNO4. The zero-order valence-corrected chi connectivity index (χ0v) is 12.1. The summed E-state index contributed by atoms with van der Waals surface area (Å²) in [6, 6.07) is 10.3. The fraction of sp³-hybridized carbons (Fsp3) is 0.143. The minimum absolute atomic E-state index is 0.262. The van der Waals surface area contributed by atoms with Crippen LogP contribution in [-0.4, -0.2) is 18.5 Å². The molecule has 1 aromatic carbocycles. The molecule has 0 unspecified atom stereocenters. The van der Waals surface area contributed by atoms with E-state index in [9.17, 15) is 9.59 Å². The molecule has 2 rings (SSSR count). The van der Waals surface area contributed by atoms with E-state index in [2.05, 4.69) is 21.2 Å². The quantitative estimate of drug-likeness (QED) is 0.851. The summed E-state index contributed by atoms with van der Waals surface area (Å²) >= 11 is 3.25. The summed E-state index contributed by atoms with van der Waals surface area (Å²) in [4.78, 5) is 23.3. The summed E-state index contributed by atoms with van der Waals surface area (Å²) in [6.45, 7) is -0.0701. The molecule has 2 aromatic rings. The van der Waals surface area contributed by atoms with Gasteiger partial charge in [-0.15, -0.1) is 0 Å². The van der Waals surface area contributed by atoms with Crippen LogP contribution in [0.25, 0.3) is 0 Å². The number of rotatable bonds is 5. The Kier molecular flexibility index (Phi) is 4.95. The van der Waals surface area contributed by atoms with Gasteiger partial charge in [-0.1, -0.05) is 12.1 Å². The van der Waals surface area contributed by atoms with Crippen molar-refractivity contribution in [3.05, 3.63) is 58.5 Å². The van der Waals surface area contributed by atoms with Gasteiger partial charge in [0.05, 0.1) is 18.4 Å². The Bertz CT molecular complexity index is 595. The van der Waals surface area contributed by atoms with Crippen molar-refractivity contribution in [1.82, 2.24) is 5.32 Å². The third-order valence-electron chi connectivity index (χ3n) is 2.47. The first-order chi connectivity index (χ1) is 9.66. The van der Waals surface area contributed by atoms with Gasteiger partial charge in [0.15, 0.2) is 6.61 Å². The van der Waals surface area contributed by atoms with E-state index < -0.39 is 5.97 Å². The number of furan rings is 1. The maximum Gasteiger partial charge on any atom is 0.339 e. The number of ether oxygens (including phenoxy) is 1. The molecule has 0 saturated carbocycles. The van der Waals surface area contributed by atoms with Gasteiger partial charge in [0.1, 0.15) is 5.76 Å². The lowest BCUT2D eigenvalue weighted by Gasteiger charge is -2.06. The number of amides is 1. The monoisotopic (exact) mass is 337 g/mol. The molecule has 0 radical (unpaired) electrons. The number of carbonyl (C=O) groups is 2. The average molecular weight is 338 g/mol. The second kappa shape index (κ2) is 6.91. The van der Waals surface area contributed by atoms with Crippen molar-refractivity contribution in [3.8, 4) is 0 Å². The van der Waals surface area contributed by atoms with E-state index in [-0.39, 0.29) is 19.1 Å². The van der Waals surface area contributed by atoms with Crippen molar-refractivity contribution in [2.45, 2.75) is 6.54 Å². The minimum atomic E-state index is -0.550. The van der Waals surface area contributed by atoms with Gasteiger partial charge in [-0.25, -0.2) is 4.79 Å². The first kappa shape index (κ1) is 14.3. The molecular weight excluding hydrogens is 326 g/mol. The van der Waals surface area contributed by atoms with Crippen LogP contribution in [0.4, 0.5) is 0 Å². The SMILES string of the molecule is O=C(COC(=O)c1ccccc1Br)NCc1ccco1. The van der Waals surface area contributed by atoms with E-state index in [1.807, 2.05) is 0 Å². The molecule has 1 amide bonds. The van der Waals surface area contributed by atoms with E-state index in [1.54, 1.807) is 36.4 Å². The van der Waals surface area contributed by atoms with Crippen molar-refractivity contribution < 1.29 is 18.7 Å². The Morgan fingerprint density at radius 3 is 2.70 bits per heavy atom. The van der Waals surface area contributed by atoms with Crippen molar-refractivity contribution in [3.63, 3.8) is 0 Å². The molecule has 1 aromatic heterocycles. The van der Waals surface area contributed by atoms with Gasteiger partial charge in [-0.2, -0.15) is 0 Å². The fourth-order valence-corrected chi connectivity index (χ4v) is 1.93. The van der Waals surface area contributed by atoms with Gasteiger partial charge in [0, 0.05) is 4.47 Å². The van der Waals surface area contributed by atoms with Crippen molar-refractivity contribution in [2.24, 2.45) is 0 Å². The van der Waals surface area contributed by atoms with Gasteiger partial charge in [0.2, 0.25) is 0 Å². The molecule has 0 aliphatic heterocycles. The van der Waals surface area contributed by atoms with Gasteiger partial charge in [-0.05, 0) is 40.2 Å². The predicted molar refractivity (Wildman–Crippen MR) is 75.0 cm³/mol. The van der Waals surface area contributed by atoms with E-state index in [4.69, 9.17) is 9.15 Å². The molecule has 1 heterocycles. The predicted octanol–water partition coefficient (Wildman–Crippen LogP) is 2.52. The molecule has 20 heavy (non-hydrogen) atoms. The summed E-state index contributed by atoms with van der Waals surface area (Å²) < 4.78 is 10.6. The second-order valence-electron chi connectivity index (χ2n) is 3.91. The summed E-state index contributed by atoms with van der Waals surface area (Å²) in [6.07, 6.45) is 1.52. The number of halogens is 1. The van der Waals surface area contributed by atoms with Crippen molar-refractivity contribution >= 4 is 27.8 Å². The first-order valence-corrected chi connectivity index (χ1v) is 6.67. The maximum absolute atomic E-state index is 11.8. The second-order valence-corrected chi connectivity index (χ2v) is 4.77. The molecule has 6 heteroatoms. The van der Waals surface area contributed by atoms with Crippen LogP contribution in [-0.2, 0) is 16.1 Å². The largest absolute Gasteiger partial charge is 0.467 e. The molecule has 1 N–H and O–H groups in total. The van der Waals surface area contributed by atoms with Crippen LogP contribution >= 0.6 is 15.9 Å². The summed E-state index contributed by atoms with van der Waals surface area (Å²) in [5, 5.41) is 2.58. The molecule has 0 bridgehead atoms. The standard InChI is InChI=1S/C14H12BrNO4/c15-12-6-2-1-5-11(12)14(18)20-9-13(17)16-8-10-4-3-7-19-10/h1-7H,8-9H2,(H,16,17). The lowest BCUT2D eigenvalue weighted by atomic mass is 10.2. The lowest BCUT2D eigenvalue weighted by Crippen LogP contribution is -2.28. The Morgan fingerprint density at radius 2 is 2.00 bits per heavy atom. The van der Waals surface area contributed by atoms with E-state index in [0.717, 1.165) is 0 Å². The number of hydrogen-bond acceptors (Lipinski definition) is 4. The third kappa shape index (κ3) is 3.96. The van der Waals surface area contributed by atoms with Crippen LogP contribution in [0, 0.1) is 0 Å². The van der Waals surface area contributed by atoms with Gasteiger partial charge >= 0.3 is 5.97 Å². The van der Waals surface area contributed by atoms with E-state index in [1.165, 1.54) is 6.26 Å². The molecule has 0 aliphatic carbocycles. The fourth-order valence-electron chi connectivity index (χ4n) is 1.49. The highest BCUT2D eigenvalue weighted by Gasteiger charge is 2.12. The number of nitrogens with one attached hydrogen (secondary N) is 1. The van der Waals surface area contributed by atoms with Crippen LogP contribution in [0.1, 0.15) is 16.1 Å². The summed E-state index contributed by atoms with van der Waals surface area (Å²) in [7, 11) is 0. The number of carbonyl (C=O) groups excluding carboxylic acids is 2. The van der Waals surface area contributed by atoms with Crippen LogP contribution in [0.5, 0.6) is 0 Å². The Hall–Kier alpha value is -2.08. The van der Waals surface area contributed by atoms with Crippen LogP contribution in [0.2, 0.25) is 0 Å². The topological polar surface area (TPSA) is 68.5 Å². The van der Waals surface area contributed by atoms with Gasteiger partial charge < -0.3 is 14.5 Å². The van der Waals surface area contributed by atoms with Crippen LogP contribution in [0.3, 0.4) is 0 Å². The highest BCUT2D eigenvalue weighted by atomic mass is 79.9. The summed E-state index contributed by atoms with van der Waals surface area (Å²) in [5.41, 5.74) is 0.381. The van der Waals surface area contributed by atoms with Gasteiger partial charge in [0.25, 0.3) is 5.91 Å². The molecule has 0 aliphatic rings. The molecule has 0 atom stereocenters. The highest BCUT2D eigenvalue weighted by molar-refractivity contribution is 9.10. The number of benzene rings is 1. The third-order valence-corrected chi connectivity index (χ3v) is 3.16.